The molecule has 8 nitrogen and oxygen atoms in total. The minimum absolute atomic E-state index is 0.223. The Morgan fingerprint density at radius 1 is 0.977 bits per heavy atom. The maximum absolute atomic E-state index is 14.2. The molecule has 1 saturated carbocycles. The van der Waals surface area contributed by atoms with Crippen molar-refractivity contribution in [1.82, 2.24) is 24.1 Å². The van der Waals surface area contributed by atoms with Gasteiger partial charge in [-0.15, -0.1) is 0 Å². The van der Waals surface area contributed by atoms with Crippen molar-refractivity contribution in [3.05, 3.63) is 107 Å². The quantitative estimate of drug-likeness (QED) is 0.203. The highest BCUT2D eigenvalue weighted by atomic mass is 28.4. The first-order valence-electron chi connectivity index (χ1n) is 15.0. The van der Waals surface area contributed by atoms with Crippen LogP contribution >= 0.6 is 0 Å². The number of benzene rings is 3. The van der Waals surface area contributed by atoms with E-state index in [-0.39, 0.29) is 16.4 Å². The summed E-state index contributed by atoms with van der Waals surface area (Å²) in [5, 5.41) is 6.45. The average molecular weight is 608 g/mol. The van der Waals surface area contributed by atoms with Crippen LogP contribution in [0.2, 0.25) is 5.04 Å². The van der Waals surface area contributed by atoms with E-state index in [1.165, 1.54) is 22.5 Å². The molecule has 3 aromatic heterocycles. The first kappa shape index (κ1) is 28.4. The third-order valence-corrected chi connectivity index (χ3v) is 13.7. The smallest absolute Gasteiger partial charge is 0.277 e. The number of rotatable bonds is 8. The zero-order valence-electron chi connectivity index (χ0n) is 25.3. The molecule has 0 saturated heterocycles. The van der Waals surface area contributed by atoms with Gasteiger partial charge in [-0.3, -0.25) is 9.20 Å². The molecule has 1 fully saturated rings. The molecule has 3 heterocycles. The highest BCUT2D eigenvalue weighted by Gasteiger charge is 2.61. The highest BCUT2D eigenvalue weighted by molar-refractivity contribution is 6.99. The van der Waals surface area contributed by atoms with Gasteiger partial charge in [-0.25, -0.2) is 9.37 Å². The molecule has 1 aliphatic carbocycles. The normalized spacial score (nSPS) is 14.8. The molecule has 0 aliphatic heterocycles. The lowest BCUT2D eigenvalue weighted by atomic mass is 10.2. The Hall–Kier alpha value is -4.41. The minimum Gasteiger partial charge on any atom is -0.393 e. The van der Waals surface area contributed by atoms with Crippen LogP contribution in [0.25, 0.3) is 28.1 Å². The van der Waals surface area contributed by atoms with E-state index in [0.717, 1.165) is 12.8 Å². The van der Waals surface area contributed by atoms with E-state index in [1.807, 2.05) is 19.1 Å². The van der Waals surface area contributed by atoms with Gasteiger partial charge < -0.3 is 13.5 Å². The van der Waals surface area contributed by atoms with Gasteiger partial charge in [0.2, 0.25) is 5.82 Å². The predicted octanol–water partition coefficient (Wildman–Crippen LogP) is 5.81. The molecule has 0 unspecified atom stereocenters. The monoisotopic (exact) mass is 607 g/mol. The van der Waals surface area contributed by atoms with Crippen molar-refractivity contribution >= 4 is 35.2 Å². The molecule has 3 aromatic carbocycles. The first-order valence-corrected chi connectivity index (χ1v) is 16.9. The van der Waals surface area contributed by atoms with Gasteiger partial charge in [-0.1, -0.05) is 93.5 Å². The summed E-state index contributed by atoms with van der Waals surface area (Å²) in [5.74, 6) is 0.208. The Morgan fingerprint density at radius 3 is 2.23 bits per heavy atom. The van der Waals surface area contributed by atoms with Gasteiger partial charge in [0.15, 0.2) is 0 Å². The van der Waals surface area contributed by atoms with Crippen molar-refractivity contribution in [1.29, 1.82) is 0 Å². The zero-order chi connectivity index (χ0) is 30.7. The lowest BCUT2D eigenvalue weighted by molar-refractivity contribution is 0.122. The van der Waals surface area contributed by atoms with E-state index >= 15 is 0 Å². The van der Waals surface area contributed by atoms with Gasteiger partial charge >= 0.3 is 0 Å². The summed E-state index contributed by atoms with van der Waals surface area (Å²) >= 11 is 0. The number of nitrogens with zero attached hydrogens (tertiary/aromatic N) is 5. The summed E-state index contributed by atoms with van der Waals surface area (Å²) in [6.45, 7) is 9.13. The number of imidazole rings is 1. The summed E-state index contributed by atoms with van der Waals surface area (Å²) in [7, 11) is -2.90. The van der Waals surface area contributed by atoms with Gasteiger partial charge in [0, 0.05) is 6.54 Å². The summed E-state index contributed by atoms with van der Waals surface area (Å²) < 4.78 is 30.9. The van der Waals surface area contributed by atoms with Crippen molar-refractivity contribution in [3.63, 3.8) is 0 Å². The lowest BCUT2D eigenvalue weighted by Gasteiger charge is -2.44. The van der Waals surface area contributed by atoms with E-state index in [9.17, 15) is 9.18 Å². The summed E-state index contributed by atoms with van der Waals surface area (Å²) in [4.78, 5) is 23.2. The summed E-state index contributed by atoms with van der Waals surface area (Å²) in [6.07, 6.45) is 3.75. The van der Waals surface area contributed by atoms with E-state index in [1.54, 1.807) is 21.4 Å². The first-order chi connectivity index (χ1) is 21.2. The molecule has 0 bridgehead atoms. The van der Waals surface area contributed by atoms with Gasteiger partial charge in [0.25, 0.3) is 19.8 Å². The molecule has 224 valence electrons. The SMILES string of the molecule is CCCn1c(=O)c2c(-c3noc(C4(O[Si](c5ccccc5)(c5ccccc5)C(C)(C)C)CC4)n3)ncn2c2ccc(F)cc21. The van der Waals surface area contributed by atoms with Gasteiger partial charge in [0.1, 0.15) is 29.0 Å². The van der Waals surface area contributed by atoms with Crippen LogP contribution in [-0.2, 0) is 16.6 Å². The molecular weight excluding hydrogens is 573 g/mol. The molecule has 10 heteroatoms. The maximum atomic E-state index is 14.2. The molecular formula is C34H34FN5O3Si. The fourth-order valence-corrected chi connectivity index (χ4v) is 11.2. The lowest BCUT2D eigenvalue weighted by Crippen LogP contribution is -2.67. The summed E-state index contributed by atoms with van der Waals surface area (Å²) in [5.41, 5.74) is 0.792. The molecule has 0 amide bonds. The maximum Gasteiger partial charge on any atom is 0.277 e. The number of hydrogen-bond donors (Lipinski definition) is 0. The van der Waals surface area contributed by atoms with Crippen molar-refractivity contribution in [2.24, 2.45) is 0 Å². The molecule has 0 N–H and O–H groups in total. The number of aromatic nitrogens is 5. The fraction of sp³-hybridized carbons (Fsp3) is 0.294. The highest BCUT2D eigenvalue weighted by Crippen LogP contribution is 2.53. The van der Waals surface area contributed by atoms with E-state index in [0.29, 0.717) is 41.1 Å². The van der Waals surface area contributed by atoms with Gasteiger partial charge in [-0.2, -0.15) is 4.98 Å². The Balaban J connectivity index is 1.35. The van der Waals surface area contributed by atoms with Crippen LogP contribution in [0.1, 0.15) is 52.8 Å². The van der Waals surface area contributed by atoms with E-state index in [4.69, 9.17) is 13.9 Å². The average Bonchev–Trinajstić information content (AvgIpc) is 3.40. The van der Waals surface area contributed by atoms with E-state index < -0.39 is 19.7 Å². The zero-order valence-corrected chi connectivity index (χ0v) is 26.3. The molecule has 7 rings (SSSR count). The largest absolute Gasteiger partial charge is 0.393 e. The van der Waals surface area contributed by atoms with Crippen LogP contribution in [0.3, 0.4) is 0 Å². The second kappa shape index (κ2) is 10.3. The van der Waals surface area contributed by atoms with Crippen LogP contribution in [0.5, 0.6) is 0 Å². The topological polar surface area (TPSA) is 87.5 Å². The molecule has 0 spiro atoms. The van der Waals surface area contributed by atoms with Crippen LogP contribution in [-0.4, -0.2) is 32.4 Å². The second-order valence-corrected chi connectivity index (χ2v) is 16.8. The van der Waals surface area contributed by atoms with E-state index in [2.05, 4.69) is 79.4 Å². The van der Waals surface area contributed by atoms with Crippen LogP contribution in [0.4, 0.5) is 4.39 Å². The molecule has 0 radical (unpaired) electrons. The van der Waals surface area contributed by atoms with Crippen LogP contribution < -0.4 is 15.9 Å². The Morgan fingerprint density at radius 2 is 1.64 bits per heavy atom. The molecule has 6 aromatic rings. The Bertz CT molecular complexity index is 2000. The number of aryl methyl sites for hydroxylation is 1. The summed E-state index contributed by atoms with van der Waals surface area (Å²) in [6, 6.07) is 25.4. The third-order valence-electron chi connectivity index (χ3n) is 8.65. The van der Waals surface area contributed by atoms with Crippen molar-refractivity contribution in [2.45, 2.75) is 64.1 Å². The van der Waals surface area contributed by atoms with Gasteiger partial charge in [-0.05, 0) is 52.9 Å². The van der Waals surface area contributed by atoms with Crippen molar-refractivity contribution in [2.75, 3.05) is 0 Å². The van der Waals surface area contributed by atoms with Crippen LogP contribution in [0.15, 0.2) is 94.5 Å². The van der Waals surface area contributed by atoms with Crippen molar-refractivity contribution in [3.8, 4) is 11.5 Å². The minimum atomic E-state index is -2.90. The fourth-order valence-electron chi connectivity index (χ4n) is 6.42. The number of fused-ring (bicyclic) bond motifs is 3. The molecule has 44 heavy (non-hydrogen) atoms. The predicted molar refractivity (Wildman–Crippen MR) is 170 cm³/mol. The standard InChI is InChI=1S/C34H34FN5O3Si/c1-5-20-39-27-21-23(35)16-17-26(27)40-22-36-28(29(40)31(39)41)30-37-32(42-38-30)34(18-19-34)43-44(33(2,3)4,24-12-8-6-9-13-24)25-14-10-7-11-15-25/h6-17,21-22H,5,18-20H2,1-4H3. The van der Waals surface area contributed by atoms with Crippen molar-refractivity contribution < 1.29 is 13.3 Å². The number of hydrogen-bond acceptors (Lipinski definition) is 6. The molecule has 0 atom stereocenters. The molecule has 1 aliphatic rings. The number of halogens is 1. The van der Waals surface area contributed by atoms with Gasteiger partial charge in [0.05, 0.1) is 11.0 Å². The third kappa shape index (κ3) is 4.35. The van der Waals surface area contributed by atoms with Crippen LogP contribution in [0, 0.1) is 5.82 Å². The Kier molecular flexibility index (Phi) is 6.67. The second-order valence-electron chi connectivity index (χ2n) is 12.6. The Labute approximate surface area is 255 Å².